The second kappa shape index (κ2) is 7.11. The number of nitriles is 1. The lowest BCUT2D eigenvalue weighted by atomic mass is 9.82. The Labute approximate surface area is 157 Å². The molecular weight excluding hydrogens is 348 g/mol. The number of allylic oxidation sites excluding steroid dienone is 1. The molecule has 3 N–H and O–H groups in total. The van der Waals surface area contributed by atoms with Gasteiger partial charge in [0.2, 0.25) is 17.5 Å². The summed E-state index contributed by atoms with van der Waals surface area (Å²) in [7, 11) is 4.63. The van der Waals surface area contributed by atoms with E-state index in [-0.39, 0.29) is 17.4 Å². The van der Waals surface area contributed by atoms with Crippen LogP contribution in [0.15, 0.2) is 23.6 Å². The molecule has 1 aromatic heterocycles. The average Bonchev–Trinajstić information content (AvgIpc) is 3.09. The fourth-order valence-corrected chi connectivity index (χ4v) is 3.37. The third kappa shape index (κ3) is 2.81. The van der Waals surface area contributed by atoms with E-state index in [1.54, 1.807) is 20.3 Å². The molecule has 0 bridgehead atoms. The number of nitrogens with two attached hydrogens (primary N) is 1. The number of benzene rings is 1. The molecule has 0 radical (unpaired) electrons. The highest BCUT2D eigenvalue weighted by atomic mass is 16.5. The van der Waals surface area contributed by atoms with Crippen LogP contribution >= 0.6 is 0 Å². The lowest BCUT2D eigenvalue weighted by Gasteiger charge is -2.27. The van der Waals surface area contributed by atoms with E-state index in [2.05, 4.69) is 16.3 Å². The van der Waals surface area contributed by atoms with Crippen molar-refractivity contribution in [3.8, 4) is 29.2 Å². The molecule has 0 unspecified atom stereocenters. The number of nitrogens with one attached hydrogen (secondary N) is 1. The number of methoxy groups -OCH3 is 3. The molecule has 142 valence electrons. The second-order valence-electron chi connectivity index (χ2n) is 6.36. The summed E-state index contributed by atoms with van der Waals surface area (Å²) < 4.78 is 22.1. The van der Waals surface area contributed by atoms with Crippen LogP contribution in [0.3, 0.4) is 0 Å². The molecule has 0 fully saturated rings. The Morgan fingerprint density at radius 2 is 1.89 bits per heavy atom. The van der Waals surface area contributed by atoms with Crippen molar-refractivity contribution in [3.05, 3.63) is 40.4 Å². The highest BCUT2D eigenvalue weighted by Gasteiger charge is 2.38. The first-order valence-corrected chi connectivity index (χ1v) is 8.42. The number of hydrogen-bond acceptors (Lipinski definition) is 7. The highest BCUT2D eigenvalue weighted by molar-refractivity contribution is 5.64. The van der Waals surface area contributed by atoms with Gasteiger partial charge in [-0.2, -0.15) is 5.26 Å². The molecule has 0 spiro atoms. The molecular formula is C19H22N4O4. The standard InChI is InChI=1S/C19H22N4O4/c1-9(2)15-14-13(11(8-20)18(21)27-19(14)23-22-15)10-6-7-12(24-3)17(26-5)16(10)25-4/h6-7,9,13H,21H2,1-5H3,(H,22,23)/t13-/m1/s1. The third-order valence-corrected chi connectivity index (χ3v) is 4.59. The molecule has 2 aromatic rings. The molecule has 27 heavy (non-hydrogen) atoms. The number of aromatic nitrogens is 2. The Balaban J connectivity index is 2.33. The topological polar surface area (TPSA) is 115 Å². The third-order valence-electron chi connectivity index (χ3n) is 4.59. The largest absolute Gasteiger partial charge is 0.493 e. The highest BCUT2D eigenvalue weighted by Crippen LogP contribution is 2.50. The van der Waals surface area contributed by atoms with E-state index in [1.807, 2.05) is 19.9 Å². The number of aromatic amines is 1. The molecule has 1 aliphatic heterocycles. The van der Waals surface area contributed by atoms with E-state index >= 15 is 0 Å². The monoisotopic (exact) mass is 370 g/mol. The van der Waals surface area contributed by atoms with Crippen molar-refractivity contribution < 1.29 is 18.9 Å². The number of rotatable bonds is 5. The van der Waals surface area contributed by atoms with Gasteiger partial charge in [0, 0.05) is 11.3 Å². The molecule has 8 heteroatoms. The van der Waals surface area contributed by atoms with Crippen molar-refractivity contribution in [2.75, 3.05) is 21.3 Å². The van der Waals surface area contributed by atoms with Gasteiger partial charge < -0.3 is 24.7 Å². The maximum absolute atomic E-state index is 9.78. The number of fused-ring (bicyclic) bond motifs is 1. The summed E-state index contributed by atoms with van der Waals surface area (Å²) in [5.41, 5.74) is 8.65. The minimum atomic E-state index is -0.510. The Morgan fingerprint density at radius 3 is 2.44 bits per heavy atom. The Bertz CT molecular complexity index is 940. The zero-order valence-corrected chi connectivity index (χ0v) is 15.9. The van der Waals surface area contributed by atoms with Gasteiger partial charge in [-0.25, -0.2) is 0 Å². The van der Waals surface area contributed by atoms with Crippen LogP contribution in [0, 0.1) is 11.3 Å². The normalized spacial score (nSPS) is 15.8. The number of ether oxygens (including phenoxy) is 4. The molecule has 0 amide bonds. The van der Waals surface area contributed by atoms with Gasteiger partial charge in [-0.15, -0.1) is 5.10 Å². The SMILES string of the molecule is COc1ccc([C@@H]2C(C#N)=C(N)Oc3n[nH]c(C(C)C)c32)c(OC)c1OC. The quantitative estimate of drug-likeness (QED) is 0.831. The van der Waals surface area contributed by atoms with E-state index in [0.717, 1.165) is 11.3 Å². The van der Waals surface area contributed by atoms with Crippen molar-refractivity contribution in [3.63, 3.8) is 0 Å². The number of H-pyrrole nitrogens is 1. The van der Waals surface area contributed by atoms with Gasteiger partial charge in [-0.1, -0.05) is 19.9 Å². The molecule has 0 saturated heterocycles. The maximum Gasteiger partial charge on any atom is 0.244 e. The van der Waals surface area contributed by atoms with E-state index < -0.39 is 5.92 Å². The van der Waals surface area contributed by atoms with Crippen LogP contribution in [-0.2, 0) is 0 Å². The fraction of sp³-hybridized carbons (Fsp3) is 0.368. The van der Waals surface area contributed by atoms with Crippen molar-refractivity contribution in [2.45, 2.75) is 25.7 Å². The lowest BCUT2D eigenvalue weighted by Crippen LogP contribution is -2.22. The molecule has 1 atom stereocenters. The smallest absolute Gasteiger partial charge is 0.244 e. The summed E-state index contributed by atoms with van der Waals surface area (Å²) in [6.07, 6.45) is 0. The fourth-order valence-electron chi connectivity index (χ4n) is 3.37. The summed E-state index contributed by atoms with van der Waals surface area (Å²) >= 11 is 0. The van der Waals surface area contributed by atoms with Gasteiger partial charge >= 0.3 is 0 Å². The van der Waals surface area contributed by atoms with Gasteiger partial charge in [0.05, 0.1) is 32.8 Å². The first kappa shape index (κ1) is 18.5. The predicted octanol–water partition coefficient (Wildman–Crippen LogP) is 2.78. The molecule has 0 aliphatic carbocycles. The van der Waals surface area contributed by atoms with Crippen molar-refractivity contribution in [2.24, 2.45) is 5.73 Å². The Morgan fingerprint density at radius 1 is 1.19 bits per heavy atom. The zero-order chi connectivity index (χ0) is 19.7. The van der Waals surface area contributed by atoms with Crippen LogP contribution in [0.2, 0.25) is 0 Å². The molecule has 1 aliphatic rings. The first-order valence-electron chi connectivity index (χ1n) is 8.42. The van der Waals surface area contributed by atoms with Gasteiger partial charge in [0.1, 0.15) is 11.6 Å². The number of hydrogen-bond donors (Lipinski definition) is 2. The molecule has 3 rings (SSSR count). The Hall–Kier alpha value is -3.34. The first-order chi connectivity index (χ1) is 13.0. The number of nitrogens with zero attached hydrogens (tertiary/aromatic N) is 2. The van der Waals surface area contributed by atoms with E-state index in [4.69, 9.17) is 24.7 Å². The second-order valence-corrected chi connectivity index (χ2v) is 6.36. The molecule has 2 heterocycles. The van der Waals surface area contributed by atoms with Crippen LogP contribution in [-0.4, -0.2) is 31.5 Å². The maximum atomic E-state index is 9.78. The van der Waals surface area contributed by atoms with Gasteiger partial charge in [-0.05, 0) is 12.0 Å². The molecule has 8 nitrogen and oxygen atoms in total. The van der Waals surface area contributed by atoms with Gasteiger partial charge in [0.25, 0.3) is 0 Å². The predicted molar refractivity (Wildman–Crippen MR) is 98.1 cm³/mol. The van der Waals surface area contributed by atoms with E-state index in [0.29, 0.717) is 28.7 Å². The summed E-state index contributed by atoms with van der Waals surface area (Å²) in [6, 6.07) is 5.78. The zero-order valence-electron chi connectivity index (χ0n) is 15.9. The van der Waals surface area contributed by atoms with Crippen molar-refractivity contribution in [1.29, 1.82) is 5.26 Å². The van der Waals surface area contributed by atoms with Crippen LogP contribution < -0.4 is 24.7 Å². The van der Waals surface area contributed by atoms with Gasteiger partial charge in [0.15, 0.2) is 11.5 Å². The average molecular weight is 370 g/mol. The Kier molecular flexibility index (Phi) is 4.86. The van der Waals surface area contributed by atoms with Crippen molar-refractivity contribution >= 4 is 0 Å². The van der Waals surface area contributed by atoms with Crippen LogP contribution in [0.5, 0.6) is 23.1 Å². The summed E-state index contributed by atoms with van der Waals surface area (Å²) in [5, 5.41) is 17.0. The van der Waals surface area contributed by atoms with Gasteiger partial charge in [-0.3, -0.25) is 5.10 Å². The molecule has 0 saturated carbocycles. The summed E-state index contributed by atoms with van der Waals surface area (Å²) in [5.74, 6) is 1.44. The minimum Gasteiger partial charge on any atom is -0.493 e. The van der Waals surface area contributed by atoms with E-state index in [1.165, 1.54) is 7.11 Å². The summed E-state index contributed by atoms with van der Waals surface area (Å²) in [6.45, 7) is 4.06. The summed E-state index contributed by atoms with van der Waals surface area (Å²) in [4.78, 5) is 0. The van der Waals surface area contributed by atoms with Crippen LogP contribution in [0.1, 0.15) is 42.5 Å². The van der Waals surface area contributed by atoms with Crippen LogP contribution in [0.25, 0.3) is 0 Å². The minimum absolute atomic E-state index is 0.0219. The molecule has 1 aromatic carbocycles. The van der Waals surface area contributed by atoms with E-state index in [9.17, 15) is 5.26 Å². The lowest BCUT2D eigenvalue weighted by molar-refractivity contribution is 0.321. The van der Waals surface area contributed by atoms with Crippen molar-refractivity contribution in [1.82, 2.24) is 10.2 Å². The van der Waals surface area contributed by atoms with Crippen LogP contribution in [0.4, 0.5) is 0 Å².